The summed E-state index contributed by atoms with van der Waals surface area (Å²) in [5.41, 5.74) is 0.261. The molecule has 5 heteroatoms. The van der Waals surface area contributed by atoms with Crippen molar-refractivity contribution in [3.05, 3.63) is 52.8 Å². The number of carbonyl (C=O) groups excluding carboxylic acids is 1. The normalized spacial score (nSPS) is 13.6. The van der Waals surface area contributed by atoms with Gasteiger partial charge in [0.1, 0.15) is 5.75 Å². The van der Waals surface area contributed by atoms with Crippen molar-refractivity contribution < 1.29 is 18.7 Å². The van der Waals surface area contributed by atoms with Gasteiger partial charge in [0, 0.05) is 11.4 Å². The van der Waals surface area contributed by atoms with E-state index >= 15 is 0 Å². The van der Waals surface area contributed by atoms with Gasteiger partial charge in [-0.2, -0.15) is 4.39 Å². The second-order valence-electron chi connectivity index (χ2n) is 4.33. The van der Waals surface area contributed by atoms with Crippen molar-refractivity contribution in [2.45, 2.75) is 6.42 Å². The lowest BCUT2D eigenvalue weighted by Crippen LogP contribution is -2.16. The highest BCUT2D eigenvalue weighted by Gasteiger charge is 2.24. The molecule has 1 heterocycles. The molecule has 0 amide bonds. The fourth-order valence-corrected chi connectivity index (χ4v) is 2.11. The molecule has 0 fully saturated rings. The highest BCUT2D eigenvalue weighted by molar-refractivity contribution is 6.30. The number of ketones is 1. The van der Waals surface area contributed by atoms with Gasteiger partial charge in [0.15, 0.2) is 17.3 Å². The third-order valence-corrected chi connectivity index (χ3v) is 3.23. The van der Waals surface area contributed by atoms with Crippen molar-refractivity contribution in [2.75, 3.05) is 6.61 Å². The maximum atomic E-state index is 14.3. The van der Waals surface area contributed by atoms with Crippen LogP contribution in [0.15, 0.2) is 36.4 Å². The van der Waals surface area contributed by atoms with Crippen molar-refractivity contribution in [3.8, 4) is 17.2 Å². The number of benzene rings is 2. The predicted octanol–water partition coefficient (Wildman–Crippen LogP) is 4.24. The maximum Gasteiger partial charge on any atom is 0.208 e. The van der Waals surface area contributed by atoms with Gasteiger partial charge in [0.05, 0.1) is 12.2 Å². The number of Topliss-reactive ketones (excluding diaryl/α,β-unsaturated/α-hetero) is 1. The fourth-order valence-electron chi connectivity index (χ4n) is 1.99. The zero-order valence-corrected chi connectivity index (χ0v) is 11.1. The summed E-state index contributed by atoms with van der Waals surface area (Å²) in [6, 6.07) is 9.50. The average Bonchev–Trinajstić information content (AvgIpc) is 2.45. The van der Waals surface area contributed by atoms with E-state index in [1.54, 1.807) is 24.3 Å². The lowest BCUT2D eigenvalue weighted by Gasteiger charge is -2.18. The number of ether oxygens (including phenoxy) is 2. The molecule has 0 aromatic heterocycles. The third kappa shape index (κ3) is 2.34. The van der Waals surface area contributed by atoms with E-state index in [1.807, 2.05) is 0 Å². The van der Waals surface area contributed by atoms with E-state index in [-0.39, 0.29) is 35.9 Å². The van der Waals surface area contributed by atoms with Gasteiger partial charge in [-0.15, -0.1) is 0 Å². The van der Waals surface area contributed by atoms with Gasteiger partial charge in [-0.3, -0.25) is 4.79 Å². The third-order valence-electron chi connectivity index (χ3n) is 2.98. The summed E-state index contributed by atoms with van der Waals surface area (Å²) in [6.45, 7) is 0.188. The quantitative estimate of drug-likeness (QED) is 0.830. The Balaban J connectivity index is 1.95. The molecule has 3 nitrogen and oxygen atoms in total. The van der Waals surface area contributed by atoms with Crippen molar-refractivity contribution in [1.29, 1.82) is 0 Å². The second-order valence-corrected chi connectivity index (χ2v) is 4.77. The number of fused-ring (bicyclic) bond motifs is 1. The Morgan fingerprint density at radius 2 is 1.90 bits per heavy atom. The van der Waals surface area contributed by atoms with Crippen LogP contribution in [0.2, 0.25) is 5.02 Å². The number of hydrogen-bond acceptors (Lipinski definition) is 3. The number of halogens is 2. The van der Waals surface area contributed by atoms with Crippen LogP contribution in [0.1, 0.15) is 16.8 Å². The van der Waals surface area contributed by atoms with E-state index in [9.17, 15) is 9.18 Å². The fraction of sp³-hybridized carbons (Fsp3) is 0.133. The minimum atomic E-state index is -0.662. The van der Waals surface area contributed by atoms with E-state index in [0.717, 1.165) is 0 Å². The Hall–Kier alpha value is -2.07. The Morgan fingerprint density at radius 3 is 2.65 bits per heavy atom. The van der Waals surface area contributed by atoms with Crippen LogP contribution in [0.4, 0.5) is 4.39 Å². The highest BCUT2D eigenvalue weighted by Crippen LogP contribution is 2.36. The van der Waals surface area contributed by atoms with Gasteiger partial charge in [0.25, 0.3) is 0 Å². The first-order valence-electron chi connectivity index (χ1n) is 6.07. The van der Waals surface area contributed by atoms with Gasteiger partial charge in [-0.25, -0.2) is 0 Å². The monoisotopic (exact) mass is 292 g/mol. The van der Waals surface area contributed by atoms with E-state index in [2.05, 4.69) is 0 Å². The molecule has 2 aromatic carbocycles. The molecule has 0 saturated carbocycles. The zero-order valence-electron chi connectivity index (χ0n) is 10.4. The molecular weight excluding hydrogens is 283 g/mol. The summed E-state index contributed by atoms with van der Waals surface area (Å²) < 4.78 is 24.9. The summed E-state index contributed by atoms with van der Waals surface area (Å²) in [4.78, 5) is 11.6. The molecule has 0 radical (unpaired) electrons. The summed E-state index contributed by atoms with van der Waals surface area (Å²) in [5.74, 6) is -0.349. The summed E-state index contributed by atoms with van der Waals surface area (Å²) in [6.07, 6.45) is 0.268. The first-order valence-corrected chi connectivity index (χ1v) is 6.45. The van der Waals surface area contributed by atoms with Crippen molar-refractivity contribution in [1.82, 2.24) is 0 Å². The topological polar surface area (TPSA) is 35.5 Å². The van der Waals surface area contributed by atoms with Crippen LogP contribution in [0.3, 0.4) is 0 Å². The molecular formula is C15H10ClFO3. The lowest BCUT2D eigenvalue weighted by atomic mass is 10.0. The molecule has 1 aliphatic heterocycles. The maximum absolute atomic E-state index is 14.3. The van der Waals surface area contributed by atoms with Crippen LogP contribution in [-0.2, 0) is 0 Å². The Bertz CT molecular complexity index is 668. The minimum Gasteiger partial charge on any atom is -0.489 e. The molecule has 0 aliphatic carbocycles. The summed E-state index contributed by atoms with van der Waals surface area (Å²) in [5, 5.41) is 0.567. The molecule has 20 heavy (non-hydrogen) atoms. The molecule has 0 unspecified atom stereocenters. The van der Waals surface area contributed by atoms with E-state index in [1.165, 1.54) is 12.1 Å². The van der Waals surface area contributed by atoms with Crippen LogP contribution in [0, 0.1) is 5.82 Å². The van der Waals surface area contributed by atoms with Crippen LogP contribution >= 0.6 is 11.6 Å². The van der Waals surface area contributed by atoms with E-state index in [0.29, 0.717) is 10.8 Å². The highest BCUT2D eigenvalue weighted by atomic mass is 35.5. The SMILES string of the molecule is O=C1CCOc2c1ccc(Oc1ccc(Cl)cc1)c2F. The van der Waals surface area contributed by atoms with Crippen LogP contribution < -0.4 is 9.47 Å². The molecule has 0 N–H and O–H groups in total. The number of carbonyl (C=O) groups is 1. The Kier molecular flexibility index (Phi) is 3.32. The standard InChI is InChI=1S/C15H10ClFO3/c16-9-1-3-10(4-2-9)20-13-6-5-11-12(18)7-8-19-15(11)14(13)17/h1-6H,7-8H2. The van der Waals surface area contributed by atoms with Gasteiger partial charge < -0.3 is 9.47 Å². The van der Waals surface area contributed by atoms with Gasteiger partial charge in [-0.05, 0) is 36.4 Å². The molecule has 1 aliphatic rings. The molecule has 3 rings (SSSR count). The minimum absolute atomic E-state index is 0.0146. The van der Waals surface area contributed by atoms with Gasteiger partial charge in [0.2, 0.25) is 5.82 Å². The molecule has 0 atom stereocenters. The molecule has 0 bridgehead atoms. The van der Waals surface area contributed by atoms with Crippen LogP contribution in [0.25, 0.3) is 0 Å². The first-order chi connectivity index (χ1) is 9.65. The zero-order chi connectivity index (χ0) is 14.1. The van der Waals surface area contributed by atoms with Crippen molar-refractivity contribution >= 4 is 17.4 Å². The number of hydrogen-bond donors (Lipinski definition) is 0. The van der Waals surface area contributed by atoms with Crippen LogP contribution in [0.5, 0.6) is 17.2 Å². The molecule has 102 valence electrons. The van der Waals surface area contributed by atoms with E-state index < -0.39 is 5.82 Å². The smallest absolute Gasteiger partial charge is 0.208 e. The Morgan fingerprint density at radius 1 is 1.15 bits per heavy atom. The summed E-state index contributed by atoms with van der Waals surface area (Å²) >= 11 is 5.77. The van der Waals surface area contributed by atoms with Gasteiger partial charge in [-0.1, -0.05) is 11.6 Å². The predicted molar refractivity (Wildman–Crippen MR) is 72.4 cm³/mol. The number of rotatable bonds is 2. The molecule has 0 spiro atoms. The first kappa shape index (κ1) is 12.9. The lowest BCUT2D eigenvalue weighted by molar-refractivity contribution is 0.0929. The molecule has 0 saturated heterocycles. The van der Waals surface area contributed by atoms with Crippen molar-refractivity contribution in [2.24, 2.45) is 0 Å². The largest absolute Gasteiger partial charge is 0.489 e. The second kappa shape index (κ2) is 5.13. The van der Waals surface area contributed by atoms with Gasteiger partial charge >= 0.3 is 0 Å². The molecule has 2 aromatic rings. The Labute approximate surface area is 119 Å². The van der Waals surface area contributed by atoms with E-state index in [4.69, 9.17) is 21.1 Å². The van der Waals surface area contributed by atoms with Crippen molar-refractivity contribution in [3.63, 3.8) is 0 Å². The summed E-state index contributed by atoms with van der Waals surface area (Å²) in [7, 11) is 0. The average molecular weight is 293 g/mol. The van der Waals surface area contributed by atoms with Crippen LogP contribution in [-0.4, -0.2) is 12.4 Å².